The van der Waals surface area contributed by atoms with Gasteiger partial charge in [0, 0.05) is 0 Å². The summed E-state index contributed by atoms with van der Waals surface area (Å²) in [7, 11) is 0. The number of benzene rings is 1. The van der Waals surface area contributed by atoms with Crippen LogP contribution in [0, 0.1) is 0 Å². The summed E-state index contributed by atoms with van der Waals surface area (Å²) in [6.07, 6.45) is 0. The maximum absolute atomic E-state index is 10.6. The maximum atomic E-state index is 10.6. The summed E-state index contributed by atoms with van der Waals surface area (Å²) in [4.78, 5) is 10.6. The molecule has 0 unspecified atom stereocenters. The van der Waals surface area contributed by atoms with Gasteiger partial charge in [-0.05, 0) is 0 Å². The molecule has 0 aliphatic heterocycles. The standard InChI is InChI=1S/C6H4BrO.C2H4O2.Hg/c7-5-3-1-2-4-6(5)8;1-2(3)4;/h1-2,4,8H;1H3,(H,3,4);/q;;+1/p-1. The van der Waals surface area contributed by atoms with Gasteiger partial charge in [-0.2, -0.15) is 0 Å². The van der Waals surface area contributed by atoms with E-state index in [0.717, 1.165) is 3.07 Å². The number of hydrogen-bond donors (Lipinski definition) is 1. The second kappa shape index (κ2) is 4.95. The molecule has 0 aromatic heterocycles. The summed E-state index contributed by atoms with van der Waals surface area (Å²) in [5.74, 6) is -0.0402. The fourth-order valence-corrected chi connectivity index (χ4v) is 5.62. The average Bonchev–Trinajstić information content (AvgIpc) is 2.07. The van der Waals surface area contributed by atoms with Crippen LogP contribution in [0.15, 0.2) is 22.7 Å². The Morgan fingerprint density at radius 1 is 1.62 bits per heavy atom. The van der Waals surface area contributed by atoms with Crippen LogP contribution in [0.4, 0.5) is 0 Å². The number of rotatable bonds is 2. The van der Waals surface area contributed by atoms with E-state index in [1.807, 2.05) is 6.07 Å². The Morgan fingerprint density at radius 2 is 2.31 bits per heavy atom. The van der Waals surface area contributed by atoms with Gasteiger partial charge < -0.3 is 0 Å². The zero-order valence-electron chi connectivity index (χ0n) is 7.08. The van der Waals surface area contributed by atoms with Crippen molar-refractivity contribution in [3.8, 4) is 5.75 Å². The van der Waals surface area contributed by atoms with Gasteiger partial charge in [-0.3, -0.25) is 0 Å². The summed E-state index contributed by atoms with van der Waals surface area (Å²) < 4.78 is 6.64. The van der Waals surface area contributed by atoms with Crippen LogP contribution in [-0.2, 0) is 32.5 Å². The van der Waals surface area contributed by atoms with E-state index in [4.69, 9.17) is 2.64 Å². The number of phenols is 1. The van der Waals surface area contributed by atoms with Crippen LogP contribution in [0.3, 0.4) is 0 Å². The minimum absolute atomic E-state index is 0.199. The molecule has 1 N–H and O–H groups in total. The molecule has 0 aliphatic carbocycles. The van der Waals surface area contributed by atoms with Crippen molar-refractivity contribution in [1.29, 1.82) is 0 Å². The van der Waals surface area contributed by atoms with Crippen molar-refractivity contribution in [3.63, 3.8) is 0 Å². The predicted octanol–water partition coefficient (Wildman–Crippen LogP) is 1.34. The first kappa shape index (κ1) is 11.0. The molecule has 0 fully saturated rings. The number of aromatic hydroxyl groups is 1. The Balaban J connectivity index is 2.77. The summed E-state index contributed by atoms with van der Waals surface area (Å²) in [6, 6.07) is 5.21. The summed E-state index contributed by atoms with van der Waals surface area (Å²) in [5, 5.41) is 9.31. The van der Waals surface area contributed by atoms with Crippen molar-refractivity contribution < 1.29 is 37.6 Å². The van der Waals surface area contributed by atoms with Gasteiger partial charge in [0.1, 0.15) is 0 Å². The second-order valence-electron chi connectivity index (χ2n) is 2.53. The molecule has 0 heterocycles. The molecule has 66 valence electrons. The third-order valence-corrected chi connectivity index (χ3v) is 10.1. The van der Waals surface area contributed by atoms with Gasteiger partial charge in [0.05, 0.1) is 0 Å². The molecule has 0 amide bonds. The van der Waals surface area contributed by atoms with E-state index in [0.29, 0.717) is 4.47 Å². The number of hydrogen-bond acceptors (Lipinski definition) is 3. The summed E-state index contributed by atoms with van der Waals surface area (Å²) >= 11 is 1.44. The third kappa shape index (κ3) is 3.27. The molecule has 0 saturated carbocycles. The monoisotopic (exact) mass is 432 g/mol. The molecular weight excluding hydrogens is 425 g/mol. The van der Waals surface area contributed by atoms with E-state index in [2.05, 4.69) is 15.9 Å². The Morgan fingerprint density at radius 3 is 2.92 bits per heavy atom. The summed E-state index contributed by atoms with van der Waals surface area (Å²) in [5.41, 5.74) is 0. The Hall–Kier alpha value is -0.0949. The molecule has 0 radical (unpaired) electrons. The van der Waals surface area contributed by atoms with Gasteiger partial charge in [0.15, 0.2) is 0 Å². The number of carbonyl (C=O) groups is 1. The van der Waals surface area contributed by atoms with Crippen molar-refractivity contribution in [1.82, 2.24) is 0 Å². The number of carbonyl (C=O) groups excluding carboxylic acids is 1. The fourth-order valence-electron chi connectivity index (χ4n) is 0.857. The van der Waals surface area contributed by atoms with Crippen LogP contribution in [-0.4, -0.2) is 11.1 Å². The van der Waals surface area contributed by atoms with Gasteiger partial charge >= 0.3 is 97.9 Å². The van der Waals surface area contributed by atoms with Crippen LogP contribution < -0.4 is 3.07 Å². The normalized spacial score (nSPS) is 9.08. The molecule has 13 heavy (non-hydrogen) atoms. The van der Waals surface area contributed by atoms with E-state index in [-0.39, 0.29) is 11.7 Å². The molecule has 5 heteroatoms. The molecule has 1 aromatic rings. The van der Waals surface area contributed by atoms with Gasteiger partial charge in [0.25, 0.3) is 0 Å². The van der Waals surface area contributed by atoms with Crippen molar-refractivity contribution in [2.45, 2.75) is 6.92 Å². The van der Waals surface area contributed by atoms with Crippen molar-refractivity contribution in [3.05, 3.63) is 22.7 Å². The van der Waals surface area contributed by atoms with E-state index < -0.39 is 25.0 Å². The number of phenolic OH excluding ortho intramolecular Hbond substituents is 1. The van der Waals surface area contributed by atoms with Crippen LogP contribution in [0.25, 0.3) is 0 Å². The number of halogens is 1. The first-order valence-corrected chi connectivity index (χ1v) is 9.49. The second-order valence-corrected chi connectivity index (χ2v) is 8.53. The molecule has 3 nitrogen and oxygen atoms in total. The van der Waals surface area contributed by atoms with E-state index in [1.165, 1.54) is 6.92 Å². The zero-order valence-corrected chi connectivity index (χ0v) is 14.2. The molecular formula is C8H7BrHgO3. The van der Waals surface area contributed by atoms with Gasteiger partial charge in [-0.1, -0.05) is 0 Å². The van der Waals surface area contributed by atoms with Gasteiger partial charge in [-0.15, -0.1) is 0 Å². The van der Waals surface area contributed by atoms with E-state index in [1.54, 1.807) is 12.1 Å². The van der Waals surface area contributed by atoms with Crippen LogP contribution >= 0.6 is 15.9 Å². The Bertz CT molecular complexity index is 327. The minimum atomic E-state index is -1.81. The van der Waals surface area contributed by atoms with Gasteiger partial charge in [0.2, 0.25) is 0 Å². The van der Waals surface area contributed by atoms with Crippen molar-refractivity contribution in [2.24, 2.45) is 0 Å². The Kier molecular flexibility index (Phi) is 4.19. The molecule has 1 aromatic carbocycles. The van der Waals surface area contributed by atoms with Crippen molar-refractivity contribution >= 4 is 25.0 Å². The van der Waals surface area contributed by atoms with Gasteiger partial charge in [-0.25, -0.2) is 0 Å². The van der Waals surface area contributed by atoms with Crippen LogP contribution in [0.5, 0.6) is 5.75 Å². The molecule has 0 atom stereocenters. The molecule has 0 aliphatic rings. The molecule has 0 bridgehead atoms. The van der Waals surface area contributed by atoms with E-state index in [9.17, 15) is 9.90 Å². The Labute approximate surface area is 97.3 Å². The first-order chi connectivity index (χ1) is 6.11. The van der Waals surface area contributed by atoms with Crippen molar-refractivity contribution in [2.75, 3.05) is 0 Å². The average molecular weight is 432 g/mol. The fraction of sp³-hybridized carbons (Fsp3) is 0.125. The first-order valence-electron chi connectivity index (χ1n) is 3.71. The third-order valence-electron chi connectivity index (χ3n) is 1.49. The van der Waals surface area contributed by atoms with E-state index >= 15 is 0 Å². The van der Waals surface area contributed by atoms with Crippen LogP contribution in [0.2, 0.25) is 0 Å². The quantitative estimate of drug-likeness (QED) is 0.719. The SMILES string of the molecule is CC(=O)[O][Hg][c]1cccc(O)c1Br. The molecule has 0 spiro atoms. The predicted molar refractivity (Wildman–Crippen MR) is 47.2 cm³/mol. The molecule has 1 rings (SSSR count). The van der Waals surface area contributed by atoms with Crippen LogP contribution in [0.1, 0.15) is 6.92 Å². The summed E-state index contributed by atoms with van der Waals surface area (Å²) in [6.45, 7) is 1.40. The molecule has 0 saturated heterocycles. The zero-order chi connectivity index (χ0) is 9.84. The topological polar surface area (TPSA) is 46.5 Å².